The minimum Gasteiger partial charge on any atom is -0.374 e. The highest BCUT2D eigenvalue weighted by molar-refractivity contribution is 7.90. The van der Waals surface area contributed by atoms with E-state index in [9.17, 15) is 13.2 Å². The van der Waals surface area contributed by atoms with E-state index in [0.717, 1.165) is 6.26 Å². The van der Waals surface area contributed by atoms with Crippen LogP contribution < -0.4 is 10.2 Å². The van der Waals surface area contributed by atoms with E-state index in [0.29, 0.717) is 29.7 Å². The topological polar surface area (TPSA) is 90.3 Å². The molecular formula is C25H22FN3O3S. The van der Waals surface area contributed by atoms with Crippen LogP contribution in [0.5, 0.6) is 0 Å². The van der Waals surface area contributed by atoms with Crippen LogP contribution in [0.4, 0.5) is 15.8 Å². The molecule has 3 aromatic rings. The van der Waals surface area contributed by atoms with Crippen LogP contribution in [0.1, 0.15) is 18.4 Å². The van der Waals surface area contributed by atoms with Crippen molar-refractivity contribution < 1.29 is 17.6 Å². The van der Waals surface area contributed by atoms with E-state index in [1.807, 2.05) is 0 Å². The first-order chi connectivity index (χ1) is 15.8. The molecule has 1 aliphatic rings. The summed E-state index contributed by atoms with van der Waals surface area (Å²) in [6.45, 7) is 0.278. The molecule has 3 aromatic carbocycles. The second-order valence-electron chi connectivity index (χ2n) is 7.94. The van der Waals surface area contributed by atoms with Crippen LogP contribution in [0.15, 0.2) is 71.6 Å². The molecule has 4 rings (SSSR count). The zero-order valence-electron chi connectivity index (χ0n) is 18.0. The van der Waals surface area contributed by atoms with Gasteiger partial charge in [-0.3, -0.25) is 4.79 Å². The first-order valence-electron chi connectivity index (χ1n) is 10.5. The molecule has 1 aliphatic heterocycles. The third-order valence-electron chi connectivity index (χ3n) is 5.59. The average molecular weight is 464 g/mol. The molecule has 33 heavy (non-hydrogen) atoms. The minimum atomic E-state index is -3.92. The maximum Gasteiger partial charge on any atom is 0.249 e. The maximum absolute atomic E-state index is 15.7. The van der Waals surface area contributed by atoms with Crippen molar-refractivity contribution in [3.8, 4) is 17.2 Å². The van der Waals surface area contributed by atoms with Crippen LogP contribution in [-0.4, -0.2) is 33.2 Å². The fraction of sp³-hybridized carbons (Fsp3) is 0.200. The highest BCUT2D eigenvalue weighted by atomic mass is 32.2. The molecule has 1 unspecified atom stereocenters. The van der Waals surface area contributed by atoms with Crippen molar-refractivity contribution >= 4 is 27.1 Å². The van der Waals surface area contributed by atoms with E-state index >= 15 is 4.39 Å². The Morgan fingerprint density at radius 1 is 1.09 bits per heavy atom. The Balaban J connectivity index is 1.71. The molecule has 0 radical (unpaired) electrons. The van der Waals surface area contributed by atoms with E-state index in [1.54, 1.807) is 60.7 Å². The number of nitrogens with one attached hydrogen (secondary N) is 1. The number of benzene rings is 3. The Morgan fingerprint density at radius 2 is 1.85 bits per heavy atom. The molecule has 1 atom stereocenters. The van der Waals surface area contributed by atoms with Gasteiger partial charge in [-0.25, -0.2) is 12.8 Å². The molecule has 0 saturated carbocycles. The largest absolute Gasteiger partial charge is 0.374 e. The molecule has 0 spiro atoms. The molecule has 0 aromatic heterocycles. The van der Waals surface area contributed by atoms with E-state index in [1.165, 1.54) is 11.0 Å². The Labute approximate surface area is 192 Å². The fourth-order valence-corrected chi connectivity index (χ4v) is 5.11. The molecule has 6 nitrogen and oxygen atoms in total. The lowest BCUT2D eigenvalue weighted by Gasteiger charge is -2.33. The zero-order valence-corrected chi connectivity index (χ0v) is 18.8. The van der Waals surface area contributed by atoms with E-state index in [-0.39, 0.29) is 23.7 Å². The summed E-state index contributed by atoms with van der Waals surface area (Å²) in [5.41, 5.74) is 1.85. The number of hydrogen-bond acceptors (Lipinski definition) is 5. The smallest absolute Gasteiger partial charge is 0.249 e. The summed E-state index contributed by atoms with van der Waals surface area (Å²) in [5, 5.41) is 12.2. The van der Waals surface area contributed by atoms with Crippen LogP contribution in [0.2, 0.25) is 0 Å². The van der Waals surface area contributed by atoms with Crippen LogP contribution >= 0.6 is 0 Å². The van der Waals surface area contributed by atoms with Crippen molar-refractivity contribution in [2.24, 2.45) is 0 Å². The first-order valence-corrected chi connectivity index (χ1v) is 12.3. The van der Waals surface area contributed by atoms with Crippen molar-refractivity contribution in [1.29, 1.82) is 5.26 Å². The summed E-state index contributed by atoms with van der Waals surface area (Å²) < 4.78 is 40.8. The highest BCUT2D eigenvalue weighted by Gasteiger charge is 2.33. The van der Waals surface area contributed by atoms with Crippen LogP contribution in [-0.2, 0) is 14.6 Å². The molecule has 1 saturated heterocycles. The zero-order chi connectivity index (χ0) is 23.6. The quantitative estimate of drug-likeness (QED) is 0.607. The van der Waals surface area contributed by atoms with Gasteiger partial charge in [0, 0.05) is 24.1 Å². The van der Waals surface area contributed by atoms with Gasteiger partial charge in [0.15, 0.2) is 15.7 Å². The summed E-state index contributed by atoms with van der Waals surface area (Å²) in [6, 6.07) is 19.9. The number of amides is 1. The van der Waals surface area contributed by atoms with E-state index in [4.69, 9.17) is 5.26 Å². The predicted octanol–water partition coefficient (Wildman–Crippen LogP) is 4.38. The van der Waals surface area contributed by atoms with Gasteiger partial charge >= 0.3 is 0 Å². The monoisotopic (exact) mass is 463 g/mol. The number of halogens is 1. The lowest BCUT2D eigenvalue weighted by molar-refractivity contribution is -0.120. The van der Waals surface area contributed by atoms with Crippen molar-refractivity contribution in [3.63, 3.8) is 0 Å². The van der Waals surface area contributed by atoms with Crippen LogP contribution in [0.25, 0.3) is 11.1 Å². The molecule has 1 amide bonds. The number of rotatable bonds is 5. The summed E-state index contributed by atoms with van der Waals surface area (Å²) in [6.07, 6.45) is 2.11. The van der Waals surface area contributed by atoms with Gasteiger partial charge in [0.25, 0.3) is 0 Å². The van der Waals surface area contributed by atoms with Crippen LogP contribution in [0.3, 0.4) is 0 Å². The second-order valence-corrected chi connectivity index (χ2v) is 9.89. The number of carbonyl (C=O) groups excluding carboxylic acids is 1. The van der Waals surface area contributed by atoms with Gasteiger partial charge in [-0.15, -0.1) is 0 Å². The van der Waals surface area contributed by atoms with Crippen molar-refractivity contribution in [3.05, 3.63) is 78.1 Å². The minimum absolute atomic E-state index is 0.0580. The summed E-state index contributed by atoms with van der Waals surface area (Å²) >= 11 is 0. The normalized spacial score (nSPS) is 16.3. The number of nitriles is 1. The molecular weight excluding hydrogens is 441 g/mol. The summed E-state index contributed by atoms with van der Waals surface area (Å²) in [7, 11) is -3.92. The Kier molecular flexibility index (Phi) is 6.16. The second kappa shape index (κ2) is 9.04. The van der Waals surface area contributed by atoms with E-state index in [2.05, 4.69) is 11.4 Å². The van der Waals surface area contributed by atoms with Gasteiger partial charge in [-0.05, 0) is 42.7 Å². The number of nitrogens with zero attached hydrogens (tertiary/aromatic N) is 2. The highest BCUT2D eigenvalue weighted by Crippen LogP contribution is 2.36. The molecule has 1 heterocycles. The van der Waals surface area contributed by atoms with Gasteiger partial charge in [0.2, 0.25) is 5.91 Å². The van der Waals surface area contributed by atoms with Crippen LogP contribution in [0, 0.1) is 17.1 Å². The Hall–Kier alpha value is -3.70. The summed E-state index contributed by atoms with van der Waals surface area (Å²) in [4.78, 5) is 14.1. The van der Waals surface area contributed by atoms with Crippen molar-refractivity contribution in [1.82, 2.24) is 0 Å². The molecule has 1 fully saturated rings. The Morgan fingerprint density at radius 3 is 2.55 bits per heavy atom. The van der Waals surface area contributed by atoms with Crippen molar-refractivity contribution in [2.45, 2.75) is 23.8 Å². The fourth-order valence-electron chi connectivity index (χ4n) is 4.09. The predicted molar refractivity (Wildman–Crippen MR) is 125 cm³/mol. The molecule has 1 N–H and O–H groups in total. The number of carbonyl (C=O) groups is 1. The molecule has 8 heteroatoms. The number of sulfone groups is 1. The van der Waals surface area contributed by atoms with Gasteiger partial charge in [-0.2, -0.15) is 5.26 Å². The van der Waals surface area contributed by atoms with Gasteiger partial charge in [0.05, 0.1) is 17.3 Å². The first kappa shape index (κ1) is 22.5. The van der Waals surface area contributed by atoms with E-state index < -0.39 is 26.6 Å². The maximum atomic E-state index is 15.7. The van der Waals surface area contributed by atoms with Gasteiger partial charge in [0.1, 0.15) is 10.9 Å². The number of piperidine rings is 1. The third kappa shape index (κ3) is 4.59. The number of hydrogen-bond donors (Lipinski definition) is 1. The average Bonchev–Trinajstić information content (AvgIpc) is 2.80. The molecule has 0 bridgehead atoms. The van der Waals surface area contributed by atoms with Gasteiger partial charge in [-0.1, -0.05) is 42.5 Å². The molecule has 0 aliphatic carbocycles. The van der Waals surface area contributed by atoms with Crippen molar-refractivity contribution in [2.75, 3.05) is 23.0 Å². The lowest BCUT2D eigenvalue weighted by atomic mass is 10.0. The third-order valence-corrected chi connectivity index (χ3v) is 6.74. The Bertz CT molecular complexity index is 1350. The standard InChI is InChI=1S/C25H22FN3O3S/c1-33(31,32)24-20(18-8-3-2-4-9-18)12-13-22(23(24)26)29-14-6-11-21(25(29)30)28-19-10-5-7-17(15-19)16-27/h2-5,7-10,12-13,15,21,28H,6,11,14H2,1H3. The van der Waals surface area contributed by atoms with Gasteiger partial charge < -0.3 is 10.2 Å². The SMILES string of the molecule is CS(=O)(=O)c1c(-c2ccccc2)ccc(N2CCCC(Nc3cccc(C#N)c3)C2=O)c1F. The number of anilines is 2. The summed E-state index contributed by atoms with van der Waals surface area (Å²) in [5.74, 6) is -1.28. The molecule has 168 valence electrons. The lowest BCUT2D eigenvalue weighted by Crippen LogP contribution is -2.48.